The molecule has 0 saturated carbocycles. The summed E-state index contributed by atoms with van der Waals surface area (Å²) in [4.78, 5) is 40.5. The molecule has 3 amide bonds. The molecule has 2 saturated heterocycles. The van der Waals surface area contributed by atoms with Crippen LogP contribution in [0.15, 0.2) is 0 Å². The highest BCUT2D eigenvalue weighted by Crippen LogP contribution is 2.23. The molecule has 0 aromatic carbocycles. The van der Waals surface area contributed by atoms with Crippen LogP contribution in [0.25, 0.3) is 0 Å². The van der Waals surface area contributed by atoms with Crippen LogP contribution in [0.3, 0.4) is 0 Å². The first-order valence-electron chi connectivity index (χ1n) is 9.14. The SMILES string of the molecule is CC(C)(C)C(=O)N1CCCC(C(=O)NCC(=O)N2CCCCC2)C1. The summed E-state index contributed by atoms with van der Waals surface area (Å²) in [6.45, 7) is 8.54. The first kappa shape index (κ1) is 18.7. The molecule has 2 rings (SSSR count). The summed E-state index contributed by atoms with van der Waals surface area (Å²) in [6, 6.07) is 0. The number of likely N-dealkylation sites (tertiary alicyclic amines) is 2. The smallest absolute Gasteiger partial charge is 0.241 e. The Morgan fingerprint density at radius 1 is 0.958 bits per heavy atom. The van der Waals surface area contributed by atoms with E-state index in [1.54, 1.807) is 4.90 Å². The average molecular weight is 337 g/mol. The van der Waals surface area contributed by atoms with E-state index in [1.165, 1.54) is 6.42 Å². The summed E-state index contributed by atoms with van der Waals surface area (Å²) in [5, 5.41) is 2.78. The first-order valence-corrected chi connectivity index (χ1v) is 9.14. The summed E-state index contributed by atoms with van der Waals surface area (Å²) in [5.41, 5.74) is -0.428. The van der Waals surface area contributed by atoms with Crippen LogP contribution in [0.5, 0.6) is 0 Å². The van der Waals surface area contributed by atoms with Crippen LogP contribution in [0.2, 0.25) is 0 Å². The predicted molar refractivity (Wildman–Crippen MR) is 92.2 cm³/mol. The van der Waals surface area contributed by atoms with Crippen molar-refractivity contribution in [2.45, 2.75) is 52.9 Å². The molecule has 2 aliphatic heterocycles. The maximum atomic E-state index is 12.4. The van der Waals surface area contributed by atoms with Gasteiger partial charge in [0, 0.05) is 31.6 Å². The normalized spacial score (nSPS) is 22.2. The van der Waals surface area contributed by atoms with Gasteiger partial charge >= 0.3 is 0 Å². The lowest BCUT2D eigenvalue weighted by molar-refractivity contribution is -0.143. The molecule has 0 aromatic heterocycles. The molecule has 2 heterocycles. The maximum absolute atomic E-state index is 12.4. The number of nitrogens with one attached hydrogen (secondary N) is 1. The third-order valence-electron chi connectivity index (χ3n) is 4.84. The average Bonchev–Trinajstić information content (AvgIpc) is 2.58. The van der Waals surface area contributed by atoms with Gasteiger partial charge in [-0.05, 0) is 32.1 Å². The van der Waals surface area contributed by atoms with E-state index in [0.29, 0.717) is 13.1 Å². The van der Waals surface area contributed by atoms with E-state index in [-0.39, 0.29) is 30.2 Å². The van der Waals surface area contributed by atoms with Crippen molar-refractivity contribution in [1.29, 1.82) is 0 Å². The lowest BCUT2D eigenvalue weighted by atomic mass is 9.91. The summed E-state index contributed by atoms with van der Waals surface area (Å²) in [7, 11) is 0. The number of hydrogen-bond acceptors (Lipinski definition) is 3. The second-order valence-corrected chi connectivity index (χ2v) is 8.00. The lowest BCUT2D eigenvalue weighted by Crippen LogP contribution is -2.50. The molecule has 0 bridgehead atoms. The Labute approximate surface area is 144 Å². The van der Waals surface area contributed by atoms with Gasteiger partial charge in [0.2, 0.25) is 17.7 Å². The molecule has 0 aromatic rings. The third kappa shape index (κ3) is 4.95. The molecule has 0 aliphatic carbocycles. The van der Waals surface area contributed by atoms with Crippen LogP contribution in [0.4, 0.5) is 0 Å². The molecular formula is C18H31N3O3. The number of piperidine rings is 2. The number of rotatable bonds is 3. The Morgan fingerprint density at radius 2 is 1.58 bits per heavy atom. The van der Waals surface area contributed by atoms with Gasteiger partial charge in [-0.3, -0.25) is 14.4 Å². The predicted octanol–water partition coefficient (Wildman–Crippen LogP) is 1.40. The standard InChI is InChI=1S/C18H31N3O3/c1-18(2,3)17(24)21-11-7-8-14(13-21)16(23)19-12-15(22)20-9-5-4-6-10-20/h14H,4-13H2,1-3H3,(H,19,23). The van der Waals surface area contributed by atoms with Crippen LogP contribution in [0, 0.1) is 11.3 Å². The van der Waals surface area contributed by atoms with Gasteiger partial charge in [0.15, 0.2) is 0 Å². The van der Waals surface area contributed by atoms with E-state index in [4.69, 9.17) is 0 Å². The van der Waals surface area contributed by atoms with Gasteiger partial charge in [-0.1, -0.05) is 20.8 Å². The molecule has 2 aliphatic rings. The van der Waals surface area contributed by atoms with Crippen molar-refractivity contribution in [3.05, 3.63) is 0 Å². The molecule has 2 fully saturated rings. The summed E-state index contributed by atoms with van der Waals surface area (Å²) in [5.74, 6) is -0.225. The minimum Gasteiger partial charge on any atom is -0.347 e. The van der Waals surface area contributed by atoms with Crippen LogP contribution in [-0.2, 0) is 14.4 Å². The maximum Gasteiger partial charge on any atom is 0.241 e. The van der Waals surface area contributed by atoms with Gasteiger partial charge < -0.3 is 15.1 Å². The summed E-state index contributed by atoms with van der Waals surface area (Å²) < 4.78 is 0. The highest BCUT2D eigenvalue weighted by molar-refractivity contribution is 5.87. The second-order valence-electron chi connectivity index (χ2n) is 8.00. The number of amides is 3. The molecule has 0 radical (unpaired) electrons. The monoisotopic (exact) mass is 337 g/mol. The highest BCUT2D eigenvalue weighted by Gasteiger charge is 2.33. The minimum atomic E-state index is -0.428. The number of nitrogens with zero attached hydrogens (tertiary/aromatic N) is 2. The second kappa shape index (κ2) is 7.99. The molecule has 1 N–H and O–H groups in total. The van der Waals surface area contributed by atoms with E-state index < -0.39 is 5.41 Å². The Morgan fingerprint density at radius 3 is 2.21 bits per heavy atom. The van der Waals surface area contributed by atoms with Crippen LogP contribution in [0.1, 0.15) is 52.9 Å². The zero-order valence-corrected chi connectivity index (χ0v) is 15.3. The zero-order chi connectivity index (χ0) is 17.7. The topological polar surface area (TPSA) is 69.7 Å². The van der Waals surface area contributed by atoms with Gasteiger partial charge in [0.25, 0.3) is 0 Å². The molecular weight excluding hydrogens is 306 g/mol. The largest absolute Gasteiger partial charge is 0.347 e. The number of carbonyl (C=O) groups excluding carboxylic acids is 3. The van der Waals surface area contributed by atoms with Crippen LogP contribution >= 0.6 is 0 Å². The molecule has 1 atom stereocenters. The molecule has 6 nitrogen and oxygen atoms in total. The molecule has 136 valence electrons. The Bertz CT molecular complexity index is 478. The summed E-state index contributed by atoms with van der Waals surface area (Å²) in [6.07, 6.45) is 4.88. The zero-order valence-electron chi connectivity index (χ0n) is 15.3. The van der Waals surface area contributed by atoms with Gasteiger partial charge in [0.05, 0.1) is 12.5 Å². The van der Waals surface area contributed by atoms with Crippen molar-refractivity contribution in [1.82, 2.24) is 15.1 Å². The number of carbonyl (C=O) groups is 3. The van der Waals surface area contributed by atoms with Gasteiger partial charge in [-0.25, -0.2) is 0 Å². The third-order valence-corrected chi connectivity index (χ3v) is 4.84. The van der Waals surface area contributed by atoms with Crippen LogP contribution in [-0.4, -0.2) is 60.2 Å². The first-order chi connectivity index (χ1) is 11.3. The van der Waals surface area contributed by atoms with Crippen molar-refractivity contribution < 1.29 is 14.4 Å². The van der Waals surface area contributed by atoms with Gasteiger partial charge in [-0.2, -0.15) is 0 Å². The van der Waals surface area contributed by atoms with Crippen molar-refractivity contribution in [2.75, 3.05) is 32.7 Å². The number of hydrogen-bond donors (Lipinski definition) is 1. The molecule has 24 heavy (non-hydrogen) atoms. The Hall–Kier alpha value is -1.59. The molecule has 1 unspecified atom stereocenters. The van der Waals surface area contributed by atoms with E-state index in [9.17, 15) is 14.4 Å². The summed E-state index contributed by atoms with van der Waals surface area (Å²) >= 11 is 0. The van der Waals surface area contributed by atoms with Crippen molar-refractivity contribution in [3.8, 4) is 0 Å². The fraction of sp³-hybridized carbons (Fsp3) is 0.833. The van der Waals surface area contributed by atoms with E-state index >= 15 is 0 Å². The van der Waals surface area contributed by atoms with Crippen molar-refractivity contribution in [3.63, 3.8) is 0 Å². The van der Waals surface area contributed by atoms with E-state index in [1.807, 2.05) is 25.7 Å². The molecule has 6 heteroatoms. The quantitative estimate of drug-likeness (QED) is 0.846. The van der Waals surface area contributed by atoms with Crippen LogP contribution < -0.4 is 5.32 Å². The Kier molecular flexibility index (Phi) is 6.24. The fourth-order valence-corrected chi connectivity index (χ4v) is 3.41. The van der Waals surface area contributed by atoms with Crippen molar-refractivity contribution in [2.24, 2.45) is 11.3 Å². The highest BCUT2D eigenvalue weighted by atomic mass is 16.2. The Balaban J connectivity index is 1.81. The fourth-order valence-electron chi connectivity index (χ4n) is 3.41. The van der Waals surface area contributed by atoms with Gasteiger partial charge in [0.1, 0.15) is 0 Å². The van der Waals surface area contributed by atoms with Crippen molar-refractivity contribution >= 4 is 17.7 Å². The van der Waals surface area contributed by atoms with E-state index in [0.717, 1.165) is 38.8 Å². The van der Waals surface area contributed by atoms with Gasteiger partial charge in [-0.15, -0.1) is 0 Å². The minimum absolute atomic E-state index is 0.00137. The molecule has 0 spiro atoms. The lowest BCUT2D eigenvalue weighted by Gasteiger charge is -2.36. The van der Waals surface area contributed by atoms with E-state index in [2.05, 4.69) is 5.32 Å².